The Balaban J connectivity index is 1.73. The van der Waals surface area contributed by atoms with E-state index in [0.717, 1.165) is 23.0 Å². The van der Waals surface area contributed by atoms with Crippen LogP contribution in [0.2, 0.25) is 0 Å². The Kier molecular flexibility index (Phi) is 4.19. The molecule has 0 aromatic carbocycles. The monoisotopic (exact) mass is 356 g/mol. The van der Waals surface area contributed by atoms with Gasteiger partial charge in [0, 0.05) is 30.2 Å². The quantitative estimate of drug-likeness (QED) is 0.516. The largest absolute Gasteiger partial charge is 0.308 e. The van der Waals surface area contributed by atoms with Gasteiger partial charge in [-0.25, -0.2) is 9.97 Å². The van der Waals surface area contributed by atoms with Crippen molar-refractivity contribution in [1.29, 1.82) is 0 Å². The van der Waals surface area contributed by atoms with Crippen LogP contribution in [0.1, 0.15) is 36.4 Å². The maximum atomic E-state index is 4.93. The van der Waals surface area contributed by atoms with Gasteiger partial charge in [-0.1, -0.05) is 12.1 Å². The Morgan fingerprint density at radius 1 is 0.667 bits per heavy atom. The molecule has 0 aliphatic heterocycles. The Labute approximate surface area is 160 Å². The van der Waals surface area contributed by atoms with Gasteiger partial charge in [-0.15, -0.1) is 0 Å². The summed E-state index contributed by atoms with van der Waals surface area (Å²) in [7, 11) is 0. The number of aromatic nitrogens is 4. The predicted molar refractivity (Wildman–Crippen MR) is 109 cm³/mol. The Morgan fingerprint density at radius 2 is 1.11 bits per heavy atom. The second-order valence-electron chi connectivity index (χ2n) is 7.58. The van der Waals surface area contributed by atoms with Gasteiger partial charge in [-0.05, 0) is 75.2 Å². The maximum Gasteiger partial charge on any atom is 0.136 e. The molecule has 4 aromatic rings. The smallest absolute Gasteiger partial charge is 0.136 e. The van der Waals surface area contributed by atoms with Crippen LogP contribution in [0.25, 0.3) is 11.6 Å². The normalized spacial score (nSPS) is 11.7. The van der Waals surface area contributed by atoms with Crippen LogP contribution in [-0.2, 0) is 5.41 Å². The summed E-state index contributed by atoms with van der Waals surface area (Å²) in [5, 5.41) is 0. The van der Waals surface area contributed by atoms with Gasteiger partial charge in [-0.3, -0.25) is 0 Å². The minimum absolute atomic E-state index is 0.309. The molecule has 0 unspecified atom stereocenters. The summed E-state index contributed by atoms with van der Waals surface area (Å²) in [5.41, 5.74) is 4.13. The summed E-state index contributed by atoms with van der Waals surface area (Å²) < 4.78 is 4.11. The minimum Gasteiger partial charge on any atom is -0.308 e. The van der Waals surface area contributed by atoms with E-state index in [4.69, 9.17) is 9.97 Å². The van der Waals surface area contributed by atoms with Crippen molar-refractivity contribution in [3.05, 3.63) is 95.8 Å². The zero-order valence-electron chi connectivity index (χ0n) is 16.2. The van der Waals surface area contributed by atoms with Crippen molar-refractivity contribution in [1.82, 2.24) is 19.1 Å². The summed E-state index contributed by atoms with van der Waals surface area (Å²) in [6, 6.07) is 16.5. The molecule has 4 rings (SSSR count). The third-order valence-electron chi connectivity index (χ3n) is 4.96. The lowest BCUT2D eigenvalue weighted by Gasteiger charge is -2.24. The highest BCUT2D eigenvalue weighted by atomic mass is 15.1. The molecule has 0 radical (unpaired) electrons. The molecule has 0 fully saturated rings. The number of pyridine rings is 2. The van der Waals surface area contributed by atoms with Crippen molar-refractivity contribution in [2.45, 2.75) is 33.1 Å². The molecule has 27 heavy (non-hydrogen) atoms. The SMILES string of the molecule is Cc1ccn(-c2cccc(C(C)(C)c3cccc(-n4ccc(C)c4)n3)n2)c1. The van der Waals surface area contributed by atoms with E-state index in [2.05, 4.69) is 85.6 Å². The molecule has 0 saturated heterocycles. The van der Waals surface area contributed by atoms with Crippen LogP contribution in [0.5, 0.6) is 0 Å². The molecule has 4 heteroatoms. The molecule has 4 heterocycles. The van der Waals surface area contributed by atoms with Gasteiger partial charge in [0.2, 0.25) is 0 Å². The summed E-state index contributed by atoms with van der Waals surface area (Å²) in [5.74, 6) is 1.84. The number of hydrogen-bond donors (Lipinski definition) is 0. The van der Waals surface area contributed by atoms with E-state index in [1.54, 1.807) is 0 Å². The third-order valence-corrected chi connectivity index (χ3v) is 4.96. The number of nitrogens with zero attached hydrogens (tertiary/aromatic N) is 4. The highest BCUT2D eigenvalue weighted by Crippen LogP contribution is 2.30. The number of rotatable bonds is 4. The van der Waals surface area contributed by atoms with Crippen molar-refractivity contribution >= 4 is 0 Å². The predicted octanol–water partition coefficient (Wildman–Crippen LogP) is 5.00. The molecule has 0 bridgehead atoms. The van der Waals surface area contributed by atoms with E-state index in [1.807, 2.05) is 24.5 Å². The molecule has 0 amide bonds. The number of hydrogen-bond acceptors (Lipinski definition) is 2. The van der Waals surface area contributed by atoms with Crippen molar-refractivity contribution in [2.24, 2.45) is 0 Å². The molecule has 0 saturated carbocycles. The number of aryl methyl sites for hydroxylation is 2. The van der Waals surface area contributed by atoms with Gasteiger partial charge >= 0.3 is 0 Å². The standard InChI is InChI=1S/C23H24N4/c1-17-11-13-26(15-17)21-9-5-7-19(24-21)23(3,4)20-8-6-10-22(25-20)27-14-12-18(2)16-27/h5-16H,1-4H3. The van der Waals surface area contributed by atoms with Crippen LogP contribution in [0.15, 0.2) is 73.3 Å². The van der Waals surface area contributed by atoms with Crippen LogP contribution in [-0.4, -0.2) is 19.1 Å². The maximum absolute atomic E-state index is 4.93. The molecular weight excluding hydrogens is 332 g/mol. The summed E-state index contributed by atoms with van der Waals surface area (Å²) in [6.07, 6.45) is 8.27. The van der Waals surface area contributed by atoms with Gasteiger partial charge < -0.3 is 9.13 Å². The highest BCUT2D eigenvalue weighted by Gasteiger charge is 2.27. The van der Waals surface area contributed by atoms with E-state index in [9.17, 15) is 0 Å². The van der Waals surface area contributed by atoms with Gasteiger partial charge in [0.25, 0.3) is 0 Å². The molecular formula is C23H24N4. The Bertz CT molecular complexity index is 999. The first-order valence-corrected chi connectivity index (χ1v) is 9.18. The molecule has 0 aliphatic rings. The molecule has 0 atom stereocenters. The lowest BCUT2D eigenvalue weighted by atomic mass is 9.84. The summed E-state index contributed by atoms with van der Waals surface area (Å²) in [6.45, 7) is 8.52. The summed E-state index contributed by atoms with van der Waals surface area (Å²) in [4.78, 5) is 9.85. The average Bonchev–Trinajstić information content (AvgIpc) is 3.30. The fourth-order valence-corrected chi connectivity index (χ4v) is 3.25. The van der Waals surface area contributed by atoms with Crippen LogP contribution < -0.4 is 0 Å². The molecule has 136 valence electrons. The zero-order chi connectivity index (χ0) is 19.0. The first kappa shape index (κ1) is 17.3. The first-order valence-electron chi connectivity index (χ1n) is 9.18. The van der Waals surface area contributed by atoms with E-state index in [-0.39, 0.29) is 5.41 Å². The van der Waals surface area contributed by atoms with Gasteiger partial charge in [0.05, 0.1) is 11.4 Å². The van der Waals surface area contributed by atoms with Gasteiger partial charge in [-0.2, -0.15) is 0 Å². The zero-order valence-corrected chi connectivity index (χ0v) is 16.2. The van der Waals surface area contributed by atoms with E-state index in [1.165, 1.54) is 11.1 Å². The van der Waals surface area contributed by atoms with Crippen molar-refractivity contribution in [3.8, 4) is 11.6 Å². The van der Waals surface area contributed by atoms with Gasteiger partial charge in [0.1, 0.15) is 11.6 Å². The Morgan fingerprint density at radius 3 is 1.48 bits per heavy atom. The van der Waals surface area contributed by atoms with Gasteiger partial charge in [0.15, 0.2) is 0 Å². The third kappa shape index (κ3) is 3.31. The second kappa shape index (κ2) is 6.54. The molecule has 4 nitrogen and oxygen atoms in total. The summed E-state index contributed by atoms with van der Waals surface area (Å²) >= 11 is 0. The average molecular weight is 356 g/mol. The van der Waals surface area contributed by atoms with Crippen LogP contribution >= 0.6 is 0 Å². The van der Waals surface area contributed by atoms with Crippen LogP contribution in [0.3, 0.4) is 0 Å². The lowest BCUT2D eigenvalue weighted by Crippen LogP contribution is -2.23. The van der Waals surface area contributed by atoms with Crippen LogP contribution in [0, 0.1) is 13.8 Å². The molecule has 0 N–H and O–H groups in total. The highest BCUT2D eigenvalue weighted by molar-refractivity contribution is 5.37. The second-order valence-corrected chi connectivity index (χ2v) is 7.58. The fraction of sp³-hybridized carbons (Fsp3) is 0.217. The van der Waals surface area contributed by atoms with Crippen molar-refractivity contribution in [3.63, 3.8) is 0 Å². The van der Waals surface area contributed by atoms with E-state index < -0.39 is 0 Å². The Hall–Kier alpha value is -3.14. The van der Waals surface area contributed by atoms with Crippen molar-refractivity contribution in [2.75, 3.05) is 0 Å². The molecule has 0 spiro atoms. The first-order chi connectivity index (χ1) is 12.9. The molecule has 4 aromatic heterocycles. The lowest BCUT2D eigenvalue weighted by molar-refractivity contribution is 0.591. The topological polar surface area (TPSA) is 35.6 Å². The fourth-order valence-electron chi connectivity index (χ4n) is 3.25. The van der Waals surface area contributed by atoms with E-state index >= 15 is 0 Å². The minimum atomic E-state index is -0.309. The molecule has 0 aliphatic carbocycles. The van der Waals surface area contributed by atoms with E-state index in [0.29, 0.717) is 0 Å². The van der Waals surface area contributed by atoms with Crippen molar-refractivity contribution < 1.29 is 0 Å². The van der Waals surface area contributed by atoms with Crippen LogP contribution in [0.4, 0.5) is 0 Å².